The Morgan fingerprint density at radius 2 is 0.804 bits per heavy atom. The molecule has 1 heterocycles. The zero-order chi connectivity index (χ0) is 31.2. The molecule has 0 amide bonds. The topological polar surface area (TPSA) is 38.7 Å². The Bertz CT molecular complexity index is 2250. The average Bonchev–Trinajstić information content (AvgIpc) is 3.47. The molecule has 0 saturated heterocycles. The van der Waals surface area contributed by atoms with E-state index >= 15 is 0 Å². The first-order valence-electron chi connectivity index (χ1n) is 16.0. The lowest BCUT2D eigenvalue weighted by Gasteiger charge is -2.22. The van der Waals surface area contributed by atoms with Crippen molar-refractivity contribution >= 4 is 10.8 Å². The third-order valence-corrected chi connectivity index (χ3v) is 10.3. The summed E-state index contributed by atoms with van der Waals surface area (Å²) < 4.78 is 0. The van der Waals surface area contributed by atoms with Crippen molar-refractivity contribution in [1.29, 1.82) is 0 Å². The Labute approximate surface area is 269 Å². The van der Waals surface area contributed by atoms with Crippen molar-refractivity contribution in [3.8, 4) is 56.4 Å². The van der Waals surface area contributed by atoms with Crippen molar-refractivity contribution in [2.45, 2.75) is 38.5 Å². The second-order valence-electron chi connectivity index (χ2n) is 13.7. The number of aromatic nitrogens is 3. The van der Waals surface area contributed by atoms with Crippen LogP contribution in [0.1, 0.15) is 49.9 Å². The fraction of sp³-hybridized carbons (Fsp3) is 0.140. The van der Waals surface area contributed by atoms with Gasteiger partial charge in [-0.2, -0.15) is 0 Å². The number of hydrogen-bond acceptors (Lipinski definition) is 3. The lowest BCUT2D eigenvalue weighted by Crippen LogP contribution is -2.15. The van der Waals surface area contributed by atoms with Gasteiger partial charge in [0, 0.05) is 27.5 Å². The highest BCUT2D eigenvalue weighted by Gasteiger charge is 2.37. The molecule has 0 bridgehead atoms. The van der Waals surface area contributed by atoms with Gasteiger partial charge < -0.3 is 0 Å². The van der Waals surface area contributed by atoms with E-state index < -0.39 is 0 Å². The van der Waals surface area contributed by atoms with E-state index in [-0.39, 0.29) is 10.8 Å². The largest absolute Gasteiger partial charge is 0.208 e. The normalized spacial score (nSPS) is 14.9. The molecule has 0 radical (unpaired) electrons. The third kappa shape index (κ3) is 3.81. The van der Waals surface area contributed by atoms with Gasteiger partial charge >= 0.3 is 0 Å². The lowest BCUT2D eigenvalue weighted by molar-refractivity contribution is 0.660. The van der Waals surface area contributed by atoms with Crippen molar-refractivity contribution in [2.75, 3.05) is 0 Å². The summed E-state index contributed by atoms with van der Waals surface area (Å²) in [6.07, 6.45) is 0. The van der Waals surface area contributed by atoms with E-state index in [9.17, 15) is 0 Å². The molecule has 0 spiro atoms. The van der Waals surface area contributed by atoms with Gasteiger partial charge in [0.05, 0.1) is 0 Å². The zero-order valence-corrected chi connectivity index (χ0v) is 26.5. The Morgan fingerprint density at radius 1 is 0.370 bits per heavy atom. The smallest absolute Gasteiger partial charge is 0.164 e. The van der Waals surface area contributed by atoms with Crippen molar-refractivity contribution in [3.63, 3.8) is 0 Å². The summed E-state index contributed by atoms with van der Waals surface area (Å²) in [7, 11) is 0. The summed E-state index contributed by atoms with van der Waals surface area (Å²) in [4.78, 5) is 15.6. The number of benzene rings is 6. The van der Waals surface area contributed by atoms with E-state index in [0.717, 1.165) is 27.5 Å². The maximum Gasteiger partial charge on any atom is 0.164 e. The van der Waals surface area contributed by atoms with Crippen LogP contribution in [0, 0.1) is 0 Å². The Morgan fingerprint density at radius 3 is 1.39 bits per heavy atom. The first kappa shape index (κ1) is 26.9. The first-order chi connectivity index (χ1) is 22.3. The van der Waals surface area contributed by atoms with Gasteiger partial charge in [0.1, 0.15) is 0 Å². The maximum atomic E-state index is 5.20. The van der Waals surface area contributed by atoms with E-state index in [1.165, 1.54) is 44.5 Å². The number of nitrogens with zero attached hydrogens (tertiary/aromatic N) is 3. The van der Waals surface area contributed by atoms with Gasteiger partial charge in [0.15, 0.2) is 17.5 Å². The molecule has 7 aromatic rings. The van der Waals surface area contributed by atoms with E-state index in [0.29, 0.717) is 17.5 Å². The van der Waals surface area contributed by atoms with E-state index in [1.54, 1.807) is 0 Å². The number of rotatable bonds is 3. The van der Waals surface area contributed by atoms with Crippen LogP contribution >= 0.6 is 0 Å². The molecule has 0 fully saturated rings. The van der Waals surface area contributed by atoms with Gasteiger partial charge in [-0.15, -0.1) is 0 Å². The van der Waals surface area contributed by atoms with Crippen LogP contribution in [-0.4, -0.2) is 15.0 Å². The van der Waals surface area contributed by atoms with Crippen LogP contribution in [-0.2, 0) is 10.8 Å². The van der Waals surface area contributed by atoms with Crippen molar-refractivity contribution < 1.29 is 0 Å². The second-order valence-corrected chi connectivity index (χ2v) is 13.7. The number of fused-ring (bicyclic) bond motifs is 7. The third-order valence-electron chi connectivity index (χ3n) is 10.3. The monoisotopic (exact) mass is 591 g/mol. The molecular formula is C43H33N3. The minimum absolute atomic E-state index is 0.114. The molecule has 0 N–H and O–H groups in total. The van der Waals surface area contributed by atoms with Crippen LogP contribution in [0.3, 0.4) is 0 Å². The van der Waals surface area contributed by atoms with Crippen molar-refractivity contribution in [3.05, 3.63) is 150 Å². The molecule has 3 nitrogen and oxygen atoms in total. The van der Waals surface area contributed by atoms with E-state index in [2.05, 4.69) is 155 Å². The number of hydrogen-bond donors (Lipinski definition) is 0. The summed E-state index contributed by atoms with van der Waals surface area (Å²) in [5.41, 5.74) is 13.3. The highest BCUT2D eigenvalue weighted by atomic mass is 15.0. The molecule has 1 aromatic heterocycles. The van der Waals surface area contributed by atoms with Gasteiger partial charge in [-0.25, -0.2) is 15.0 Å². The van der Waals surface area contributed by atoms with Crippen LogP contribution in [0.5, 0.6) is 0 Å². The molecule has 2 aliphatic rings. The van der Waals surface area contributed by atoms with Gasteiger partial charge in [0.2, 0.25) is 0 Å². The predicted octanol–water partition coefficient (Wildman–Crippen LogP) is 10.6. The SMILES string of the molecule is CC1(C)c2ccccc2-c2ccc(-c3nc(-c4ccc5c(c4)C(C)(C)c4ccccc4-5)nc(-c4cccc5ccccc45)n3)cc21. The highest BCUT2D eigenvalue weighted by Crippen LogP contribution is 2.51. The van der Waals surface area contributed by atoms with Gasteiger partial charge in [0.25, 0.3) is 0 Å². The van der Waals surface area contributed by atoms with Crippen LogP contribution in [0.4, 0.5) is 0 Å². The van der Waals surface area contributed by atoms with Crippen LogP contribution in [0.25, 0.3) is 67.2 Å². The minimum Gasteiger partial charge on any atom is -0.208 e. The van der Waals surface area contributed by atoms with Gasteiger partial charge in [-0.3, -0.25) is 0 Å². The maximum absolute atomic E-state index is 5.20. The average molecular weight is 592 g/mol. The molecule has 6 aromatic carbocycles. The molecule has 3 heteroatoms. The first-order valence-corrected chi connectivity index (χ1v) is 16.0. The molecule has 0 atom stereocenters. The van der Waals surface area contributed by atoms with Gasteiger partial charge in [-0.1, -0.05) is 143 Å². The summed E-state index contributed by atoms with van der Waals surface area (Å²) in [6, 6.07) is 45.7. The second kappa shape index (κ2) is 9.55. The fourth-order valence-electron chi connectivity index (χ4n) is 7.86. The molecule has 220 valence electrons. The molecule has 0 unspecified atom stereocenters. The molecular weight excluding hydrogens is 558 g/mol. The Balaban J connectivity index is 1.25. The lowest BCUT2D eigenvalue weighted by atomic mass is 9.82. The summed E-state index contributed by atoms with van der Waals surface area (Å²) in [5, 5.41) is 2.29. The molecule has 9 rings (SSSR count). The Hall–Kier alpha value is -5.41. The van der Waals surface area contributed by atoms with Crippen LogP contribution in [0.15, 0.2) is 127 Å². The summed E-state index contributed by atoms with van der Waals surface area (Å²) >= 11 is 0. The minimum atomic E-state index is -0.114. The molecule has 46 heavy (non-hydrogen) atoms. The van der Waals surface area contributed by atoms with Gasteiger partial charge in [-0.05, 0) is 67.4 Å². The van der Waals surface area contributed by atoms with Crippen molar-refractivity contribution in [1.82, 2.24) is 15.0 Å². The highest BCUT2D eigenvalue weighted by molar-refractivity contribution is 5.95. The summed E-state index contributed by atoms with van der Waals surface area (Å²) in [6.45, 7) is 9.25. The zero-order valence-electron chi connectivity index (χ0n) is 26.5. The molecule has 2 aliphatic carbocycles. The standard InChI is InChI=1S/C43H33N3/c1-42(2)35-18-9-7-15-30(35)32-22-20-27(24-37(32)42)39-44-40(46-41(45-39)34-17-11-13-26-12-5-6-14-29(26)34)28-21-23-33-31-16-8-10-19-36(31)43(3,4)38(33)25-28/h5-25H,1-4H3. The summed E-state index contributed by atoms with van der Waals surface area (Å²) in [5.74, 6) is 2.05. The quantitative estimate of drug-likeness (QED) is 0.205. The van der Waals surface area contributed by atoms with E-state index in [4.69, 9.17) is 15.0 Å². The van der Waals surface area contributed by atoms with E-state index in [1.807, 2.05) is 0 Å². The van der Waals surface area contributed by atoms with Crippen LogP contribution in [0.2, 0.25) is 0 Å². The van der Waals surface area contributed by atoms with Crippen molar-refractivity contribution in [2.24, 2.45) is 0 Å². The molecule has 0 aliphatic heterocycles. The Kier molecular flexibility index (Phi) is 5.59. The molecule has 0 saturated carbocycles. The van der Waals surface area contributed by atoms with Crippen LogP contribution < -0.4 is 0 Å². The fourth-order valence-corrected chi connectivity index (χ4v) is 7.86. The predicted molar refractivity (Wildman–Crippen MR) is 189 cm³/mol.